The lowest BCUT2D eigenvalue weighted by Crippen LogP contribution is -2.28. The van der Waals surface area contributed by atoms with E-state index >= 15 is 4.39 Å². The third kappa shape index (κ3) is 5.96. The fourth-order valence-electron chi connectivity index (χ4n) is 4.99. The molecule has 1 aliphatic carbocycles. The highest BCUT2D eigenvalue weighted by Crippen LogP contribution is 2.36. The van der Waals surface area contributed by atoms with Crippen molar-refractivity contribution in [1.29, 1.82) is 0 Å². The Morgan fingerprint density at radius 3 is 2.51 bits per heavy atom. The number of carbonyl (C=O) groups is 1. The van der Waals surface area contributed by atoms with Crippen LogP contribution in [-0.2, 0) is 6.42 Å². The monoisotopic (exact) mass is 575 g/mol. The number of Topliss-reactive ketones (excluding diaryl/α,β-unsaturated/α-hetero) is 1. The minimum Gasteiger partial charge on any atom is -0.490 e. The Morgan fingerprint density at radius 1 is 0.953 bits per heavy atom. The molecule has 0 saturated heterocycles. The number of nitrogens with zero attached hydrogens (tertiary/aromatic N) is 2. The van der Waals surface area contributed by atoms with Crippen molar-refractivity contribution < 1.29 is 23.8 Å². The molecule has 43 heavy (non-hydrogen) atoms. The van der Waals surface area contributed by atoms with Crippen LogP contribution in [0.2, 0.25) is 0 Å². The third-order valence-corrected chi connectivity index (χ3v) is 7.11. The van der Waals surface area contributed by atoms with Crippen LogP contribution in [-0.4, -0.2) is 33.1 Å². The molecule has 2 N–H and O–H groups in total. The van der Waals surface area contributed by atoms with E-state index in [0.29, 0.717) is 51.5 Å². The Labute approximate surface area is 248 Å². The van der Waals surface area contributed by atoms with E-state index in [1.165, 1.54) is 12.1 Å². The van der Waals surface area contributed by atoms with Crippen LogP contribution in [0.1, 0.15) is 40.9 Å². The van der Waals surface area contributed by atoms with Gasteiger partial charge in [0.05, 0.1) is 16.7 Å². The first-order chi connectivity index (χ1) is 20.7. The lowest BCUT2D eigenvalue weighted by Gasteiger charge is -2.20. The number of benzene rings is 3. The van der Waals surface area contributed by atoms with Gasteiger partial charge in [0, 0.05) is 35.1 Å². The summed E-state index contributed by atoms with van der Waals surface area (Å²) in [6.07, 6.45) is 5.76. The number of allylic oxidation sites excluding steroid dienone is 2. The van der Waals surface area contributed by atoms with Gasteiger partial charge in [-0.25, -0.2) is 9.37 Å². The number of hydrogen-bond acceptors (Lipinski definition) is 7. The number of ketones is 1. The van der Waals surface area contributed by atoms with Crippen molar-refractivity contribution >= 4 is 33.8 Å². The summed E-state index contributed by atoms with van der Waals surface area (Å²) < 4.78 is 27.3. The zero-order valence-corrected chi connectivity index (χ0v) is 24.0. The molecule has 0 aliphatic heterocycles. The first-order valence-corrected chi connectivity index (χ1v) is 13.9. The van der Waals surface area contributed by atoms with Crippen LogP contribution in [0, 0.1) is 12.7 Å². The number of fused-ring (bicyclic) bond motifs is 2. The molecule has 5 aromatic rings. The zero-order chi connectivity index (χ0) is 30.1. The van der Waals surface area contributed by atoms with Gasteiger partial charge < -0.3 is 19.9 Å². The van der Waals surface area contributed by atoms with Crippen LogP contribution >= 0.6 is 0 Å². The second kappa shape index (κ2) is 11.3. The maximum absolute atomic E-state index is 15.4. The van der Waals surface area contributed by atoms with E-state index in [0.717, 1.165) is 16.7 Å². The molecule has 0 fully saturated rings. The molecule has 0 atom stereocenters. The number of carbonyl (C=O) groups excluding carboxylic acids is 1. The van der Waals surface area contributed by atoms with Crippen molar-refractivity contribution in [1.82, 2.24) is 9.97 Å². The van der Waals surface area contributed by atoms with Crippen LogP contribution in [0.5, 0.6) is 17.2 Å². The van der Waals surface area contributed by atoms with Crippen LogP contribution in [0.15, 0.2) is 91.3 Å². The largest absolute Gasteiger partial charge is 0.490 e. The summed E-state index contributed by atoms with van der Waals surface area (Å²) in [7, 11) is 0. The van der Waals surface area contributed by atoms with E-state index in [1.807, 2.05) is 55.5 Å². The highest BCUT2D eigenvalue weighted by Gasteiger charge is 2.26. The summed E-state index contributed by atoms with van der Waals surface area (Å²) in [4.78, 5) is 22.4. The molecule has 1 aliphatic rings. The van der Waals surface area contributed by atoms with E-state index in [-0.39, 0.29) is 18.1 Å². The molecule has 2 aromatic heterocycles. The fourth-order valence-corrected chi connectivity index (χ4v) is 4.99. The van der Waals surface area contributed by atoms with E-state index in [2.05, 4.69) is 15.3 Å². The van der Waals surface area contributed by atoms with Gasteiger partial charge in [-0.2, -0.15) is 0 Å². The van der Waals surface area contributed by atoms with Gasteiger partial charge in [-0.1, -0.05) is 36.4 Å². The maximum atomic E-state index is 15.4. The number of ether oxygens (including phenoxy) is 2. The molecule has 0 radical (unpaired) electrons. The fraction of sp³-hybridized carbons (Fsp3) is 0.171. The average molecular weight is 576 g/mol. The van der Waals surface area contributed by atoms with Crippen molar-refractivity contribution in [3.05, 3.63) is 119 Å². The van der Waals surface area contributed by atoms with Gasteiger partial charge in [0.2, 0.25) is 0 Å². The Morgan fingerprint density at radius 2 is 1.74 bits per heavy atom. The highest BCUT2D eigenvalue weighted by molar-refractivity contribution is 6.32. The van der Waals surface area contributed by atoms with Crippen molar-refractivity contribution in [2.45, 2.75) is 32.8 Å². The summed E-state index contributed by atoms with van der Waals surface area (Å²) >= 11 is 0. The first-order valence-electron chi connectivity index (χ1n) is 13.9. The summed E-state index contributed by atoms with van der Waals surface area (Å²) in [5.41, 5.74) is 3.73. The molecule has 7 nitrogen and oxygen atoms in total. The Kier molecular flexibility index (Phi) is 7.38. The summed E-state index contributed by atoms with van der Waals surface area (Å²) in [6, 6.07) is 21.2. The van der Waals surface area contributed by atoms with Gasteiger partial charge in [-0.15, -0.1) is 0 Å². The minimum absolute atomic E-state index is 0.0195. The summed E-state index contributed by atoms with van der Waals surface area (Å²) in [5.74, 6) is 0.640. The molecule has 216 valence electrons. The average Bonchev–Trinajstić information content (AvgIpc) is 2.98. The number of halogens is 1. The normalized spacial score (nSPS) is 13.0. The Bertz CT molecular complexity index is 1880. The number of aliphatic hydroxyl groups is 1. The van der Waals surface area contributed by atoms with Crippen molar-refractivity contribution in [3.63, 3.8) is 0 Å². The molecule has 0 spiro atoms. The number of pyridine rings is 2. The van der Waals surface area contributed by atoms with E-state index in [4.69, 9.17) is 9.47 Å². The molecule has 6 rings (SSSR count). The molecule has 0 unspecified atom stereocenters. The lowest BCUT2D eigenvalue weighted by molar-refractivity contribution is 0.0283. The number of rotatable bonds is 8. The topological polar surface area (TPSA) is 93.6 Å². The van der Waals surface area contributed by atoms with Crippen molar-refractivity contribution in [2.75, 3.05) is 11.9 Å². The summed E-state index contributed by atoms with van der Waals surface area (Å²) in [6.45, 7) is 5.33. The highest BCUT2D eigenvalue weighted by atomic mass is 19.1. The smallest absolute Gasteiger partial charge is 0.197 e. The molecular formula is C35H30FN3O4. The number of aromatic nitrogens is 2. The number of aryl methyl sites for hydroxylation is 1. The van der Waals surface area contributed by atoms with E-state index in [1.54, 1.807) is 44.4 Å². The lowest BCUT2D eigenvalue weighted by atomic mass is 9.87. The molecule has 3 aromatic carbocycles. The molecule has 2 heterocycles. The van der Waals surface area contributed by atoms with Crippen LogP contribution in [0.25, 0.3) is 16.5 Å². The predicted molar refractivity (Wildman–Crippen MR) is 165 cm³/mol. The number of anilines is 2. The molecule has 8 heteroatoms. The van der Waals surface area contributed by atoms with Crippen LogP contribution in [0.4, 0.5) is 15.9 Å². The van der Waals surface area contributed by atoms with Gasteiger partial charge in [-0.3, -0.25) is 9.78 Å². The maximum Gasteiger partial charge on any atom is 0.197 e. The number of hydrogen-bond donors (Lipinski definition) is 2. The second-order valence-electron chi connectivity index (χ2n) is 11.1. The van der Waals surface area contributed by atoms with Gasteiger partial charge in [-0.05, 0) is 80.3 Å². The van der Waals surface area contributed by atoms with E-state index < -0.39 is 11.4 Å². The van der Waals surface area contributed by atoms with Crippen LogP contribution < -0.4 is 14.8 Å². The van der Waals surface area contributed by atoms with Gasteiger partial charge >= 0.3 is 0 Å². The van der Waals surface area contributed by atoms with Crippen molar-refractivity contribution in [3.8, 4) is 17.2 Å². The minimum atomic E-state index is -1.00. The predicted octanol–water partition coefficient (Wildman–Crippen LogP) is 7.59. The molecule has 0 saturated carbocycles. The van der Waals surface area contributed by atoms with Gasteiger partial charge in [0.15, 0.2) is 17.3 Å². The van der Waals surface area contributed by atoms with E-state index in [9.17, 15) is 9.90 Å². The zero-order valence-electron chi connectivity index (χ0n) is 24.0. The summed E-state index contributed by atoms with van der Waals surface area (Å²) in [5, 5.41) is 13.9. The number of nitrogens with one attached hydrogen (secondary N) is 1. The van der Waals surface area contributed by atoms with Gasteiger partial charge in [0.1, 0.15) is 23.9 Å². The Hall–Kier alpha value is -5.08. The Balaban J connectivity index is 1.25. The van der Waals surface area contributed by atoms with Gasteiger partial charge in [0.25, 0.3) is 0 Å². The quantitative estimate of drug-likeness (QED) is 0.197. The molecular weight excluding hydrogens is 545 g/mol. The second-order valence-corrected chi connectivity index (χ2v) is 11.1. The molecule has 0 bridgehead atoms. The molecule has 0 amide bonds. The first kappa shape index (κ1) is 28.1. The third-order valence-electron chi connectivity index (χ3n) is 7.11. The van der Waals surface area contributed by atoms with Crippen LogP contribution in [0.3, 0.4) is 0 Å². The SMILES string of the molecule is Cc1cc2nccc(Oc3ccc(Nc4nccc5c4C(=O)C(c4ccccc4)=CC5)cc3F)c2cc1OCC(C)(C)O. The van der Waals surface area contributed by atoms with Crippen molar-refractivity contribution in [2.24, 2.45) is 0 Å². The standard InChI is InChI=1S/C35H30FN3O4/c1-21-17-28-26(19-31(21)42-20-35(2,3)41)29(14-16-37-28)43-30-12-10-24(18-27(30)36)39-34-32-23(13-15-38-34)9-11-25(33(32)40)22-7-5-4-6-8-22/h4-8,10-19,41H,9,20H2,1-3H3,(H,38,39).